The number of carbonyl (C=O) groups is 1. The molecule has 144 valence electrons. The summed E-state index contributed by atoms with van der Waals surface area (Å²) in [5, 5.41) is 0. The Labute approximate surface area is 154 Å². The van der Waals surface area contributed by atoms with Crippen molar-refractivity contribution in [3.05, 3.63) is 23.8 Å². The fourth-order valence-electron chi connectivity index (χ4n) is 3.30. The van der Waals surface area contributed by atoms with E-state index < -0.39 is 15.4 Å². The molecule has 0 atom stereocenters. The molecule has 1 fully saturated rings. The Hall–Kier alpha value is -1.80. The van der Waals surface area contributed by atoms with Crippen molar-refractivity contribution in [2.45, 2.75) is 26.2 Å². The summed E-state index contributed by atoms with van der Waals surface area (Å²) in [5.74, 6) is 1.43. The first-order valence-electron chi connectivity index (χ1n) is 8.93. The van der Waals surface area contributed by atoms with Gasteiger partial charge in [0.05, 0.1) is 11.2 Å². The molecule has 3 rings (SSSR count). The van der Waals surface area contributed by atoms with Crippen LogP contribution >= 0.6 is 0 Å². The number of hydrogen-bond acceptors (Lipinski definition) is 5. The fraction of sp³-hybridized carbons (Fsp3) is 0.611. The summed E-state index contributed by atoms with van der Waals surface area (Å²) in [7, 11) is -3.20. The lowest BCUT2D eigenvalue weighted by atomic mass is 9.82. The minimum Gasteiger partial charge on any atom is -0.486 e. The monoisotopic (exact) mass is 382 g/mol. The molecule has 2 aliphatic rings. The van der Waals surface area contributed by atoms with E-state index in [1.807, 2.05) is 32.0 Å². The lowest BCUT2D eigenvalue weighted by molar-refractivity contribution is -0.137. The van der Waals surface area contributed by atoms with Gasteiger partial charge < -0.3 is 14.4 Å². The molecule has 0 aromatic heterocycles. The van der Waals surface area contributed by atoms with Gasteiger partial charge in [0.1, 0.15) is 13.2 Å². The molecule has 26 heavy (non-hydrogen) atoms. The van der Waals surface area contributed by atoms with E-state index in [4.69, 9.17) is 9.47 Å². The Morgan fingerprint density at radius 1 is 1.08 bits per heavy atom. The van der Waals surface area contributed by atoms with Crippen LogP contribution < -0.4 is 9.47 Å². The van der Waals surface area contributed by atoms with Gasteiger partial charge in [0.2, 0.25) is 15.9 Å². The normalized spacial score (nSPS) is 18.7. The van der Waals surface area contributed by atoms with E-state index in [9.17, 15) is 13.2 Å². The van der Waals surface area contributed by atoms with Crippen LogP contribution in [0, 0.1) is 0 Å². The highest BCUT2D eigenvalue weighted by Crippen LogP contribution is 2.36. The van der Waals surface area contributed by atoms with Gasteiger partial charge in [0.25, 0.3) is 0 Å². The van der Waals surface area contributed by atoms with Crippen molar-refractivity contribution in [1.82, 2.24) is 9.21 Å². The van der Waals surface area contributed by atoms with Crippen LogP contribution in [0.3, 0.4) is 0 Å². The first-order chi connectivity index (χ1) is 12.3. The molecule has 0 unspecified atom stereocenters. The summed E-state index contributed by atoms with van der Waals surface area (Å²) in [6.07, 6.45) is 0. The number of carbonyl (C=O) groups excluding carboxylic acids is 1. The van der Waals surface area contributed by atoms with Crippen LogP contribution in [-0.2, 0) is 20.2 Å². The van der Waals surface area contributed by atoms with Crippen LogP contribution in [0.15, 0.2) is 18.2 Å². The summed E-state index contributed by atoms with van der Waals surface area (Å²) in [4.78, 5) is 14.8. The van der Waals surface area contributed by atoms with Gasteiger partial charge in [-0.3, -0.25) is 4.79 Å². The average molecular weight is 382 g/mol. The van der Waals surface area contributed by atoms with Crippen molar-refractivity contribution >= 4 is 15.9 Å². The second-order valence-corrected chi connectivity index (χ2v) is 9.33. The molecule has 1 aromatic rings. The largest absolute Gasteiger partial charge is 0.486 e. The molecule has 8 heteroatoms. The molecule has 0 radical (unpaired) electrons. The predicted octanol–water partition coefficient (Wildman–Crippen LogP) is 1.23. The molecule has 0 aliphatic carbocycles. The van der Waals surface area contributed by atoms with Gasteiger partial charge in [-0.1, -0.05) is 6.07 Å². The molecule has 0 spiro atoms. The van der Waals surface area contributed by atoms with E-state index in [0.717, 1.165) is 5.56 Å². The lowest BCUT2D eigenvalue weighted by Crippen LogP contribution is -2.54. The fourth-order valence-corrected chi connectivity index (χ4v) is 4.39. The van der Waals surface area contributed by atoms with Crippen molar-refractivity contribution in [2.24, 2.45) is 0 Å². The van der Waals surface area contributed by atoms with Crippen LogP contribution in [0.5, 0.6) is 11.5 Å². The van der Waals surface area contributed by atoms with Crippen LogP contribution in [0.2, 0.25) is 0 Å². The second kappa shape index (κ2) is 7.08. The predicted molar refractivity (Wildman–Crippen MR) is 98.1 cm³/mol. The van der Waals surface area contributed by atoms with E-state index in [2.05, 4.69) is 0 Å². The number of benzene rings is 1. The number of ether oxygens (including phenoxy) is 2. The third-order valence-corrected chi connectivity index (χ3v) is 6.96. The Balaban J connectivity index is 1.73. The van der Waals surface area contributed by atoms with Gasteiger partial charge in [-0.25, -0.2) is 8.42 Å². The van der Waals surface area contributed by atoms with Crippen molar-refractivity contribution in [2.75, 3.05) is 45.1 Å². The van der Waals surface area contributed by atoms with E-state index >= 15 is 0 Å². The summed E-state index contributed by atoms with van der Waals surface area (Å²) in [6, 6.07) is 5.60. The zero-order valence-corrected chi connectivity index (χ0v) is 16.3. The smallest absolute Gasteiger partial charge is 0.232 e. The summed E-state index contributed by atoms with van der Waals surface area (Å²) in [6.45, 7) is 7.94. The van der Waals surface area contributed by atoms with Gasteiger partial charge >= 0.3 is 0 Å². The maximum atomic E-state index is 13.1. The minimum atomic E-state index is -3.20. The third kappa shape index (κ3) is 3.53. The van der Waals surface area contributed by atoms with Crippen molar-refractivity contribution < 1.29 is 22.7 Å². The number of fused-ring (bicyclic) bond motifs is 1. The minimum absolute atomic E-state index is 0.0114. The number of hydrogen-bond donors (Lipinski definition) is 0. The quantitative estimate of drug-likeness (QED) is 0.783. The lowest BCUT2D eigenvalue weighted by Gasteiger charge is -2.38. The first-order valence-corrected chi connectivity index (χ1v) is 10.5. The highest BCUT2D eigenvalue weighted by atomic mass is 32.2. The van der Waals surface area contributed by atoms with Crippen molar-refractivity contribution in [3.63, 3.8) is 0 Å². The summed E-state index contributed by atoms with van der Waals surface area (Å²) < 4.78 is 36.6. The molecule has 1 saturated heterocycles. The first kappa shape index (κ1) is 19.0. The van der Waals surface area contributed by atoms with E-state index in [1.165, 1.54) is 4.31 Å². The Morgan fingerprint density at radius 3 is 2.31 bits per heavy atom. The van der Waals surface area contributed by atoms with Crippen LogP contribution in [0.4, 0.5) is 0 Å². The number of sulfonamides is 1. The number of amides is 1. The van der Waals surface area contributed by atoms with Gasteiger partial charge in [-0.15, -0.1) is 0 Å². The molecule has 2 aliphatic heterocycles. The second-order valence-electron chi connectivity index (χ2n) is 7.08. The summed E-state index contributed by atoms with van der Waals surface area (Å²) in [5.41, 5.74) is 0.122. The molecule has 1 aromatic carbocycles. The van der Waals surface area contributed by atoms with Crippen LogP contribution in [0.25, 0.3) is 0 Å². The van der Waals surface area contributed by atoms with Crippen LogP contribution in [0.1, 0.15) is 26.3 Å². The highest BCUT2D eigenvalue weighted by Gasteiger charge is 2.37. The molecular formula is C18H26N2O5S. The van der Waals surface area contributed by atoms with Gasteiger partial charge in [-0.05, 0) is 38.5 Å². The zero-order valence-electron chi connectivity index (χ0n) is 15.5. The Kier molecular flexibility index (Phi) is 5.16. The summed E-state index contributed by atoms with van der Waals surface area (Å²) >= 11 is 0. The van der Waals surface area contributed by atoms with Crippen molar-refractivity contribution in [1.29, 1.82) is 0 Å². The van der Waals surface area contributed by atoms with Gasteiger partial charge in [-0.2, -0.15) is 4.31 Å². The molecule has 0 saturated carbocycles. The van der Waals surface area contributed by atoms with Gasteiger partial charge in [0.15, 0.2) is 11.5 Å². The topological polar surface area (TPSA) is 76.2 Å². The number of nitrogens with zero attached hydrogens (tertiary/aromatic N) is 2. The third-order valence-electron chi connectivity index (χ3n) is 5.08. The molecule has 0 bridgehead atoms. The van der Waals surface area contributed by atoms with Crippen molar-refractivity contribution in [3.8, 4) is 11.5 Å². The van der Waals surface area contributed by atoms with Gasteiger partial charge in [0, 0.05) is 26.2 Å². The zero-order chi connectivity index (χ0) is 18.9. The molecule has 2 heterocycles. The maximum absolute atomic E-state index is 13.1. The SMILES string of the molecule is CCS(=O)(=O)N1CCN(C(=O)C(C)(C)c2ccc3c(c2)OCCO3)CC1. The highest BCUT2D eigenvalue weighted by molar-refractivity contribution is 7.89. The Bertz CT molecular complexity index is 783. The molecular weight excluding hydrogens is 356 g/mol. The molecule has 0 N–H and O–H groups in total. The number of rotatable bonds is 4. The van der Waals surface area contributed by atoms with E-state index in [-0.39, 0.29) is 11.7 Å². The Morgan fingerprint density at radius 2 is 1.69 bits per heavy atom. The standard InChI is InChI=1S/C18H26N2O5S/c1-4-26(22,23)20-9-7-19(8-10-20)17(21)18(2,3)14-5-6-15-16(13-14)25-12-11-24-15/h5-6,13H,4,7-12H2,1-3H3. The average Bonchev–Trinajstić information content (AvgIpc) is 2.67. The van der Waals surface area contributed by atoms with E-state index in [0.29, 0.717) is 50.9 Å². The molecule has 1 amide bonds. The maximum Gasteiger partial charge on any atom is 0.232 e. The van der Waals surface area contributed by atoms with Crippen LogP contribution in [-0.4, -0.2) is 68.7 Å². The van der Waals surface area contributed by atoms with E-state index in [1.54, 1.807) is 11.8 Å². The number of piperazine rings is 1. The molecule has 7 nitrogen and oxygen atoms in total.